The third kappa shape index (κ3) is 12.0. The van der Waals surface area contributed by atoms with Crippen LogP contribution in [0.2, 0.25) is 0 Å². The maximum absolute atomic E-state index is 9.91. The fourth-order valence-corrected chi connectivity index (χ4v) is 3.45. The van der Waals surface area contributed by atoms with Crippen molar-refractivity contribution in [3.05, 3.63) is 61.7 Å². The summed E-state index contributed by atoms with van der Waals surface area (Å²) in [5.74, 6) is 0.927. The minimum absolute atomic E-state index is 0. The SMILES string of the molecule is COc1ccc([I-]c2ccccc2)cc1.[F-].[F][Sb]([F])([F])([F])[F]. The Morgan fingerprint density at radius 3 is 1.59 bits per heavy atom. The molecule has 2 rings (SSSR count). The van der Waals surface area contributed by atoms with Crippen LogP contribution in [0, 0.1) is 7.14 Å². The third-order valence-corrected chi connectivity index (χ3v) is 4.68. The number of hydrogen-bond donors (Lipinski definition) is 0. The van der Waals surface area contributed by atoms with Crippen molar-refractivity contribution in [3.63, 3.8) is 0 Å². The van der Waals surface area contributed by atoms with Crippen LogP contribution in [-0.2, 0) is 0 Å². The van der Waals surface area contributed by atoms with Gasteiger partial charge in [0.2, 0.25) is 0 Å². The van der Waals surface area contributed by atoms with Crippen molar-refractivity contribution in [2.24, 2.45) is 0 Å². The van der Waals surface area contributed by atoms with Crippen molar-refractivity contribution >= 4 is 20.3 Å². The normalized spacial score (nSPS) is 12.2. The zero-order valence-electron chi connectivity index (χ0n) is 11.2. The van der Waals surface area contributed by atoms with E-state index < -0.39 is 20.3 Å². The van der Waals surface area contributed by atoms with Crippen molar-refractivity contribution in [2.75, 3.05) is 7.11 Å². The molecule has 0 atom stereocenters. The molecule has 126 valence electrons. The Balaban J connectivity index is 0.000000546. The first-order chi connectivity index (χ1) is 9.62. The predicted octanol–water partition coefficient (Wildman–Crippen LogP) is -1.45. The molecular weight excluding hydrogens is 535 g/mol. The van der Waals surface area contributed by atoms with Crippen molar-refractivity contribution in [2.45, 2.75) is 0 Å². The summed E-state index contributed by atoms with van der Waals surface area (Å²) < 4.78 is 57.5. The molecule has 0 aliphatic heterocycles. The fraction of sp³-hybridized carbons (Fsp3) is 0.0769. The summed E-state index contributed by atoms with van der Waals surface area (Å²) in [7, 11) is 1.70. The van der Waals surface area contributed by atoms with Crippen LogP contribution < -0.4 is 30.6 Å². The predicted molar refractivity (Wildman–Crippen MR) is 68.1 cm³/mol. The maximum atomic E-state index is 9.91. The van der Waals surface area contributed by atoms with E-state index in [0.29, 0.717) is 0 Å². The monoisotopic (exact) mass is 546 g/mol. The molecule has 0 fully saturated rings. The summed E-state index contributed by atoms with van der Waals surface area (Å²) >= 11 is -9.23. The van der Waals surface area contributed by atoms with Crippen molar-refractivity contribution < 1.29 is 44.7 Å². The van der Waals surface area contributed by atoms with Gasteiger partial charge in [-0.15, -0.1) is 0 Å². The zero-order chi connectivity index (χ0) is 16.0. The molecule has 0 N–H and O–H groups in total. The van der Waals surface area contributed by atoms with E-state index in [1.807, 2.05) is 12.1 Å². The Morgan fingerprint density at radius 1 is 0.773 bits per heavy atom. The molecule has 0 unspecified atom stereocenters. The fourth-order valence-electron chi connectivity index (χ4n) is 1.24. The van der Waals surface area contributed by atoms with E-state index in [1.54, 1.807) is 7.11 Å². The van der Waals surface area contributed by atoms with Crippen LogP contribution in [0.5, 0.6) is 5.75 Å². The summed E-state index contributed by atoms with van der Waals surface area (Å²) in [6.07, 6.45) is 0. The van der Waals surface area contributed by atoms with Crippen LogP contribution >= 0.6 is 0 Å². The van der Waals surface area contributed by atoms with Gasteiger partial charge in [-0.05, 0) is 0 Å². The molecule has 22 heavy (non-hydrogen) atoms. The van der Waals surface area contributed by atoms with E-state index in [0.717, 1.165) is 5.75 Å². The number of rotatable bonds is 3. The van der Waals surface area contributed by atoms with Gasteiger partial charge in [0.1, 0.15) is 0 Å². The average Bonchev–Trinajstić information content (AvgIpc) is 2.38. The minimum atomic E-state index is -9.19. The van der Waals surface area contributed by atoms with E-state index in [9.17, 15) is 14.1 Å². The topological polar surface area (TPSA) is 9.23 Å². The van der Waals surface area contributed by atoms with Crippen LogP contribution in [0.1, 0.15) is 0 Å². The second kappa shape index (κ2) is 8.86. The molecule has 0 radical (unpaired) electrons. The Kier molecular flexibility index (Phi) is 8.60. The Bertz CT molecular complexity index is 539. The number of hydrogen-bond acceptors (Lipinski definition) is 1. The van der Waals surface area contributed by atoms with Crippen LogP contribution in [-0.4, -0.2) is 27.4 Å². The summed E-state index contributed by atoms with van der Waals surface area (Å²) in [4.78, 5) is 0. The van der Waals surface area contributed by atoms with Crippen molar-refractivity contribution in [1.29, 1.82) is 0 Å². The molecule has 0 aliphatic rings. The van der Waals surface area contributed by atoms with E-state index in [1.165, 1.54) is 7.14 Å². The van der Waals surface area contributed by atoms with Gasteiger partial charge in [0.15, 0.2) is 0 Å². The molecule has 0 aliphatic carbocycles. The molecule has 0 spiro atoms. The molecule has 0 saturated carbocycles. The summed E-state index contributed by atoms with van der Waals surface area (Å²) in [6, 6.07) is 19.0. The van der Waals surface area contributed by atoms with E-state index in [-0.39, 0.29) is 25.9 Å². The zero-order valence-corrected chi connectivity index (χ0v) is 15.9. The Hall–Kier alpha value is -0.632. The van der Waals surface area contributed by atoms with Crippen LogP contribution in [0.3, 0.4) is 0 Å². The molecule has 2 aromatic rings. The van der Waals surface area contributed by atoms with Crippen molar-refractivity contribution in [1.82, 2.24) is 0 Å². The number of benzene rings is 2. The van der Waals surface area contributed by atoms with Gasteiger partial charge in [-0.3, -0.25) is 0 Å². The first-order valence-electron chi connectivity index (χ1n) is 5.57. The van der Waals surface area contributed by atoms with Gasteiger partial charge in [-0.25, -0.2) is 0 Å². The van der Waals surface area contributed by atoms with Crippen molar-refractivity contribution in [3.8, 4) is 5.75 Å². The molecule has 0 amide bonds. The molecule has 0 heterocycles. The molecule has 0 aromatic heterocycles. The molecule has 1 nitrogen and oxygen atoms in total. The van der Waals surface area contributed by atoms with Gasteiger partial charge in [-0.2, -0.15) is 0 Å². The third-order valence-electron chi connectivity index (χ3n) is 2.00. The first-order valence-corrected chi connectivity index (χ1v) is 12.5. The van der Waals surface area contributed by atoms with Gasteiger partial charge in [0.05, 0.1) is 0 Å². The Labute approximate surface area is 139 Å². The molecule has 0 bridgehead atoms. The first kappa shape index (κ1) is 21.4. The summed E-state index contributed by atoms with van der Waals surface area (Å²) in [5.41, 5.74) is 0. The standard InChI is InChI=1S/C13H12IO.6FH.Sb/c1-15-13-9-7-12(8-10-13)14-11-5-3-2-4-6-11;;;;;;;/h2-10H,1H3;6*1H;/q-1;;;;;;;+5/p-6. The van der Waals surface area contributed by atoms with Gasteiger partial charge < -0.3 is 4.70 Å². The molecular formula is C13H12F6IOSb-2. The van der Waals surface area contributed by atoms with Crippen LogP contribution in [0.25, 0.3) is 0 Å². The van der Waals surface area contributed by atoms with Crippen LogP contribution in [0.4, 0.5) is 14.1 Å². The molecule has 0 saturated heterocycles. The van der Waals surface area contributed by atoms with Gasteiger partial charge in [0.25, 0.3) is 0 Å². The number of halogens is 7. The van der Waals surface area contributed by atoms with Gasteiger partial charge >= 0.3 is 135 Å². The van der Waals surface area contributed by atoms with Gasteiger partial charge in [-0.1, -0.05) is 0 Å². The molecule has 2 aromatic carbocycles. The summed E-state index contributed by atoms with van der Waals surface area (Å²) in [5, 5.41) is 0. The summed E-state index contributed by atoms with van der Waals surface area (Å²) in [6.45, 7) is 0. The number of ether oxygens (including phenoxy) is 1. The quantitative estimate of drug-likeness (QED) is 0.260. The van der Waals surface area contributed by atoms with E-state index in [4.69, 9.17) is 4.74 Å². The van der Waals surface area contributed by atoms with E-state index >= 15 is 0 Å². The second-order valence-corrected chi connectivity index (χ2v) is 10.4. The van der Waals surface area contributed by atoms with Gasteiger partial charge in [0, 0.05) is 0 Å². The van der Waals surface area contributed by atoms with E-state index in [2.05, 4.69) is 42.5 Å². The second-order valence-electron chi connectivity index (χ2n) is 3.69. The number of methoxy groups -OCH3 is 1. The molecule has 9 heteroatoms. The Morgan fingerprint density at radius 2 is 1.18 bits per heavy atom. The van der Waals surface area contributed by atoms with Crippen LogP contribution in [0.15, 0.2) is 54.6 Å². The average molecular weight is 547 g/mol.